The highest BCUT2D eigenvalue weighted by atomic mass is 32.2. The number of hydrogen-bond acceptors (Lipinski definition) is 4. The van der Waals surface area contributed by atoms with Gasteiger partial charge >= 0.3 is 6.18 Å². The molecule has 1 saturated heterocycles. The summed E-state index contributed by atoms with van der Waals surface area (Å²) in [7, 11) is -3.08. The molecule has 1 atom stereocenters. The molecule has 0 saturated carbocycles. The van der Waals surface area contributed by atoms with E-state index in [1.807, 2.05) is 0 Å². The molecular weight excluding hydrogens is 307 g/mol. The molecule has 1 aromatic rings. The van der Waals surface area contributed by atoms with Gasteiger partial charge in [0.25, 0.3) is 0 Å². The third-order valence-electron chi connectivity index (χ3n) is 3.10. The largest absolute Gasteiger partial charge is 0.482 e. The number of alkyl halides is 3. The molecule has 4 nitrogen and oxygen atoms in total. The van der Waals surface area contributed by atoms with E-state index < -0.39 is 22.6 Å². The summed E-state index contributed by atoms with van der Waals surface area (Å²) in [6.07, 6.45) is -3.21. The number of para-hydroxylation sites is 2. The van der Waals surface area contributed by atoms with Crippen LogP contribution in [0.2, 0.25) is 0 Å². The van der Waals surface area contributed by atoms with E-state index in [1.165, 1.54) is 6.07 Å². The molecule has 0 radical (unpaired) electrons. The zero-order chi connectivity index (χ0) is 15.5. The third-order valence-corrected chi connectivity index (χ3v) is 4.92. The minimum atomic E-state index is -4.42. The van der Waals surface area contributed by atoms with Gasteiger partial charge in [0.05, 0.1) is 17.2 Å². The smallest absolute Gasteiger partial charge is 0.422 e. The Balaban J connectivity index is 2.06. The van der Waals surface area contributed by atoms with Gasteiger partial charge in [0.1, 0.15) is 5.75 Å². The molecule has 0 bridgehead atoms. The lowest BCUT2D eigenvalue weighted by atomic mass is 10.1. The van der Waals surface area contributed by atoms with Crippen molar-refractivity contribution in [3.05, 3.63) is 24.3 Å². The zero-order valence-corrected chi connectivity index (χ0v) is 12.0. The van der Waals surface area contributed by atoms with Crippen molar-refractivity contribution in [3.63, 3.8) is 0 Å². The number of hydrogen-bond donors (Lipinski definition) is 1. The van der Waals surface area contributed by atoms with Crippen molar-refractivity contribution >= 4 is 15.5 Å². The average Bonchev–Trinajstić information content (AvgIpc) is 2.35. The number of anilines is 1. The van der Waals surface area contributed by atoms with Crippen LogP contribution in [0.1, 0.15) is 12.8 Å². The normalized spacial score (nSPS) is 21.8. The Labute approximate surface area is 121 Å². The van der Waals surface area contributed by atoms with Crippen molar-refractivity contribution in [3.8, 4) is 5.75 Å². The molecule has 1 heterocycles. The van der Waals surface area contributed by atoms with Crippen molar-refractivity contribution in [1.82, 2.24) is 0 Å². The fraction of sp³-hybridized carbons (Fsp3) is 0.538. The van der Waals surface area contributed by atoms with Crippen LogP contribution < -0.4 is 10.1 Å². The van der Waals surface area contributed by atoms with Gasteiger partial charge in [0, 0.05) is 6.04 Å². The van der Waals surface area contributed by atoms with E-state index in [9.17, 15) is 21.6 Å². The molecule has 1 aliphatic rings. The summed E-state index contributed by atoms with van der Waals surface area (Å²) in [6.45, 7) is -1.38. The second kappa shape index (κ2) is 6.13. The SMILES string of the molecule is O=S1(=O)CCCC(Nc2ccccc2OCC(F)(F)F)C1. The molecule has 1 N–H and O–H groups in total. The summed E-state index contributed by atoms with van der Waals surface area (Å²) >= 11 is 0. The molecule has 21 heavy (non-hydrogen) atoms. The van der Waals surface area contributed by atoms with Crippen LogP contribution in [0, 0.1) is 0 Å². The lowest BCUT2D eigenvalue weighted by Crippen LogP contribution is -2.35. The Kier molecular flexibility index (Phi) is 4.65. The quantitative estimate of drug-likeness (QED) is 0.925. The first kappa shape index (κ1) is 15.9. The molecule has 1 aliphatic heterocycles. The van der Waals surface area contributed by atoms with Crippen LogP contribution in [-0.4, -0.2) is 38.7 Å². The lowest BCUT2D eigenvalue weighted by molar-refractivity contribution is -0.153. The first-order valence-corrected chi connectivity index (χ1v) is 8.33. The van der Waals surface area contributed by atoms with E-state index in [-0.39, 0.29) is 23.3 Å². The van der Waals surface area contributed by atoms with Crippen molar-refractivity contribution in [2.75, 3.05) is 23.4 Å². The Bertz CT molecular complexity index is 587. The molecule has 0 spiro atoms. The first-order valence-electron chi connectivity index (χ1n) is 6.51. The van der Waals surface area contributed by atoms with Gasteiger partial charge in [-0.1, -0.05) is 12.1 Å². The molecule has 1 fully saturated rings. The van der Waals surface area contributed by atoms with Crippen LogP contribution in [0.3, 0.4) is 0 Å². The van der Waals surface area contributed by atoms with E-state index in [1.54, 1.807) is 18.2 Å². The van der Waals surface area contributed by atoms with Gasteiger partial charge in [0.15, 0.2) is 16.4 Å². The molecule has 118 valence electrons. The maximum atomic E-state index is 12.2. The van der Waals surface area contributed by atoms with Gasteiger partial charge in [-0.25, -0.2) is 8.42 Å². The van der Waals surface area contributed by atoms with Crippen LogP contribution in [-0.2, 0) is 9.84 Å². The van der Waals surface area contributed by atoms with Crippen LogP contribution >= 0.6 is 0 Å². The van der Waals surface area contributed by atoms with E-state index in [2.05, 4.69) is 5.32 Å². The van der Waals surface area contributed by atoms with E-state index in [0.29, 0.717) is 18.5 Å². The van der Waals surface area contributed by atoms with Gasteiger partial charge in [-0.15, -0.1) is 0 Å². The second-order valence-corrected chi connectivity index (χ2v) is 7.23. The molecule has 0 amide bonds. The maximum Gasteiger partial charge on any atom is 0.422 e. The number of sulfone groups is 1. The standard InChI is InChI=1S/C13H16F3NO3S/c14-13(15,16)9-20-12-6-2-1-5-11(12)17-10-4-3-7-21(18,19)8-10/h1-2,5-6,10,17H,3-4,7-9H2. The Hall–Kier alpha value is -1.44. The molecule has 8 heteroatoms. The molecule has 2 rings (SSSR count). The summed E-state index contributed by atoms with van der Waals surface area (Å²) < 4.78 is 64.5. The van der Waals surface area contributed by atoms with Crippen molar-refractivity contribution < 1.29 is 26.3 Å². The zero-order valence-electron chi connectivity index (χ0n) is 11.2. The predicted octanol–water partition coefficient (Wildman–Crippen LogP) is 2.62. The summed E-state index contributed by atoms with van der Waals surface area (Å²) in [4.78, 5) is 0. The van der Waals surface area contributed by atoms with Gasteiger partial charge in [-0.2, -0.15) is 13.2 Å². The highest BCUT2D eigenvalue weighted by molar-refractivity contribution is 7.91. The Morgan fingerprint density at radius 2 is 2.00 bits per heavy atom. The highest BCUT2D eigenvalue weighted by Crippen LogP contribution is 2.28. The van der Waals surface area contributed by atoms with Crippen molar-refractivity contribution in [2.24, 2.45) is 0 Å². The fourth-order valence-electron chi connectivity index (χ4n) is 2.23. The Morgan fingerprint density at radius 3 is 2.67 bits per heavy atom. The van der Waals surface area contributed by atoms with E-state index in [0.717, 1.165) is 0 Å². The second-order valence-electron chi connectivity index (χ2n) is 5.00. The van der Waals surface area contributed by atoms with Gasteiger partial charge in [0.2, 0.25) is 0 Å². The number of nitrogens with one attached hydrogen (secondary N) is 1. The molecule has 0 aliphatic carbocycles. The van der Waals surface area contributed by atoms with Gasteiger partial charge in [-0.05, 0) is 25.0 Å². The predicted molar refractivity (Wildman–Crippen MR) is 73.3 cm³/mol. The minimum Gasteiger partial charge on any atom is -0.482 e. The van der Waals surface area contributed by atoms with Crippen LogP contribution in [0.4, 0.5) is 18.9 Å². The van der Waals surface area contributed by atoms with Crippen molar-refractivity contribution in [2.45, 2.75) is 25.1 Å². The summed E-state index contributed by atoms with van der Waals surface area (Å²) in [5.74, 6) is 0.218. The Morgan fingerprint density at radius 1 is 1.29 bits per heavy atom. The summed E-state index contributed by atoms with van der Waals surface area (Å²) in [5.41, 5.74) is 0.379. The van der Waals surface area contributed by atoms with Crippen LogP contribution in [0.25, 0.3) is 0 Å². The number of benzene rings is 1. The van der Waals surface area contributed by atoms with Gasteiger partial charge < -0.3 is 10.1 Å². The van der Waals surface area contributed by atoms with Crippen molar-refractivity contribution in [1.29, 1.82) is 0 Å². The third kappa shape index (κ3) is 5.11. The molecular formula is C13H16F3NO3S. The number of halogens is 3. The monoisotopic (exact) mass is 323 g/mol. The van der Waals surface area contributed by atoms with Gasteiger partial charge in [-0.3, -0.25) is 0 Å². The lowest BCUT2D eigenvalue weighted by Gasteiger charge is -2.25. The maximum absolute atomic E-state index is 12.2. The summed E-state index contributed by atoms with van der Waals surface area (Å²) in [6, 6.07) is 5.91. The fourth-order valence-corrected chi connectivity index (χ4v) is 3.86. The van der Waals surface area contributed by atoms with E-state index in [4.69, 9.17) is 4.74 Å². The van der Waals surface area contributed by atoms with Crippen LogP contribution in [0.5, 0.6) is 5.75 Å². The summed E-state index contributed by atoms with van der Waals surface area (Å²) in [5, 5.41) is 2.97. The highest BCUT2D eigenvalue weighted by Gasteiger charge is 2.29. The number of rotatable bonds is 4. The topological polar surface area (TPSA) is 55.4 Å². The molecule has 1 aromatic carbocycles. The van der Waals surface area contributed by atoms with Crippen LogP contribution in [0.15, 0.2) is 24.3 Å². The average molecular weight is 323 g/mol. The van der Waals surface area contributed by atoms with E-state index >= 15 is 0 Å². The minimum absolute atomic E-state index is 0.0133. The molecule has 1 unspecified atom stereocenters. The molecule has 0 aromatic heterocycles. The first-order chi connectivity index (χ1) is 9.75. The number of ether oxygens (including phenoxy) is 1.